The summed E-state index contributed by atoms with van der Waals surface area (Å²) in [6, 6.07) is 5.60. The van der Waals surface area contributed by atoms with Crippen LogP contribution in [0.5, 0.6) is 11.5 Å². The first kappa shape index (κ1) is 11.8. The van der Waals surface area contributed by atoms with Crippen LogP contribution in [0.15, 0.2) is 18.2 Å². The highest BCUT2D eigenvalue weighted by Gasteiger charge is 2.05. The van der Waals surface area contributed by atoms with Crippen molar-refractivity contribution in [2.24, 2.45) is 0 Å². The number of nitrogens with zero attached hydrogens (tertiary/aromatic N) is 1. The zero-order chi connectivity index (χ0) is 11.3. The highest BCUT2D eigenvalue weighted by molar-refractivity contribution is 5.42. The molecule has 84 valence electrons. The molecule has 1 aromatic rings. The summed E-state index contributed by atoms with van der Waals surface area (Å²) in [4.78, 5) is 0. The zero-order valence-corrected chi connectivity index (χ0v) is 9.36. The minimum absolute atomic E-state index is 0.462. The van der Waals surface area contributed by atoms with Gasteiger partial charge in [-0.25, -0.2) is 0 Å². The van der Waals surface area contributed by atoms with Crippen LogP contribution in [0.2, 0.25) is 0 Å². The second kappa shape index (κ2) is 5.58. The van der Waals surface area contributed by atoms with Gasteiger partial charge in [-0.3, -0.25) is 0 Å². The lowest BCUT2D eigenvalue weighted by Gasteiger charge is -2.12. The van der Waals surface area contributed by atoms with E-state index in [0.29, 0.717) is 24.7 Å². The Morgan fingerprint density at radius 2 is 2.07 bits per heavy atom. The van der Waals surface area contributed by atoms with Gasteiger partial charge < -0.3 is 14.7 Å². The molecule has 0 amide bonds. The van der Waals surface area contributed by atoms with Crippen molar-refractivity contribution in [3.05, 3.63) is 23.8 Å². The molecule has 0 aliphatic rings. The Morgan fingerprint density at radius 1 is 1.33 bits per heavy atom. The minimum Gasteiger partial charge on any atom is -0.493 e. The quantitative estimate of drug-likeness (QED) is 0.755. The lowest BCUT2D eigenvalue weighted by Crippen LogP contribution is -2.11. The lowest BCUT2D eigenvalue weighted by atomic mass is 10.2. The molecule has 0 atom stereocenters. The van der Waals surface area contributed by atoms with Crippen molar-refractivity contribution in [1.29, 1.82) is 0 Å². The highest BCUT2D eigenvalue weighted by Crippen LogP contribution is 2.28. The first-order valence-corrected chi connectivity index (χ1v) is 4.87. The summed E-state index contributed by atoms with van der Waals surface area (Å²) in [6.07, 6.45) is 0. The Balaban J connectivity index is 2.88. The van der Waals surface area contributed by atoms with Crippen LogP contribution < -0.4 is 9.47 Å². The Hall–Kier alpha value is -1.26. The first-order chi connectivity index (χ1) is 7.17. The maximum absolute atomic E-state index is 9.11. The number of rotatable bonds is 5. The lowest BCUT2D eigenvalue weighted by molar-refractivity contribution is -0.0731. The second-order valence-electron chi connectivity index (χ2n) is 3.23. The molecule has 0 spiro atoms. The predicted molar refractivity (Wildman–Crippen MR) is 57.4 cm³/mol. The van der Waals surface area contributed by atoms with Gasteiger partial charge in [0, 0.05) is 13.6 Å². The molecule has 1 N–H and O–H groups in total. The Labute approximate surface area is 90.0 Å². The van der Waals surface area contributed by atoms with Crippen molar-refractivity contribution in [2.75, 3.05) is 20.8 Å². The van der Waals surface area contributed by atoms with Crippen molar-refractivity contribution in [3.63, 3.8) is 0 Å². The van der Waals surface area contributed by atoms with Crippen LogP contribution in [-0.2, 0) is 6.54 Å². The number of hydroxylamine groups is 2. The van der Waals surface area contributed by atoms with Crippen molar-refractivity contribution >= 4 is 0 Å². The van der Waals surface area contributed by atoms with Crippen LogP contribution in [0.4, 0.5) is 0 Å². The largest absolute Gasteiger partial charge is 0.493 e. The summed E-state index contributed by atoms with van der Waals surface area (Å²) in [5, 5.41) is 10.2. The molecule has 0 aromatic heterocycles. The molecule has 0 saturated heterocycles. The zero-order valence-electron chi connectivity index (χ0n) is 9.36. The van der Waals surface area contributed by atoms with E-state index in [4.69, 9.17) is 14.7 Å². The molecule has 4 nitrogen and oxygen atoms in total. The Bertz CT molecular complexity index is 313. The predicted octanol–water partition coefficient (Wildman–Crippen LogP) is 1.91. The van der Waals surface area contributed by atoms with E-state index in [9.17, 15) is 0 Å². The Kier molecular flexibility index (Phi) is 4.39. The number of ether oxygens (including phenoxy) is 2. The fraction of sp³-hybridized carbons (Fsp3) is 0.455. The average Bonchev–Trinajstić information content (AvgIpc) is 2.18. The van der Waals surface area contributed by atoms with Gasteiger partial charge in [0.25, 0.3) is 0 Å². The van der Waals surface area contributed by atoms with Gasteiger partial charge >= 0.3 is 0 Å². The molecule has 1 aromatic carbocycles. The normalized spacial score (nSPS) is 10.5. The molecular formula is C11H17NO3. The fourth-order valence-electron chi connectivity index (χ4n) is 1.35. The third-order valence-electron chi connectivity index (χ3n) is 1.94. The monoisotopic (exact) mass is 211 g/mol. The summed E-state index contributed by atoms with van der Waals surface area (Å²) in [5.74, 6) is 1.42. The second-order valence-corrected chi connectivity index (χ2v) is 3.23. The molecule has 0 fully saturated rings. The third kappa shape index (κ3) is 3.42. The van der Waals surface area contributed by atoms with Crippen LogP contribution in [0.3, 0.4) is 0 Å². The van der Waals surface area contributed by atoms with Crippen LogP contribution >= 0.6 is 0 Å². The van der Waals surface area contributed by atoms with Gasteiger partial charge in [0.15, 0.2) is 11.5 Å². The van der Waals surface area contributed by atoms with E-state index in [1.165, 1.54) is 0 Å². The molecular weight excluding hydrogens is 194 g/mol. The molecule has 1 rings (SSSR count). The van der Waals surface area contributed by atoms with Crippen molar-refractivity contribution in [2.45, 2.75) is 13.5 Å². The van der Waals surface area contributed by atoms with Gasteiger partial charge in [-0.2, -0.15) is 5.06 Å². The molecule has 0 aliphatic carbocycles. The number of methoxy groups -OCH3 is 1. The van der Waals surface area contributed by atoms with E-state index < -0.39 is 0 Å². The van der Waals surface area contributed by atoms with E-state index in [0.717, 1.165) is 10.6 Å². The third-order valence-corrected chi connectivity index (χ3v) is 1.94. The van der Waals surface area contributed by atoms with Crippen molar-refractivity contribution < 1.29 is 14.7 Å². The summed E-state index contributed by atoms with van der Waals surface area (Å²) in [7, 11) is 3.21. The van der Waals surface area contributed by atoms with Crippen LogP contribution in [-0.4, -0.2) is 31.0 Å². The molecule has 4 heteroatoms. The molecule has 0 saturated carbocycles. The van der Waals surface area contributed by atoms with Gasteiger partial charge in [-0.1, -0.05) is 6.07 Å². The van der Waals surface area contributed by atoms with Gasteiger partial charge in [0.2, 0.25) is 0 Å². The first-order valence-electron chi connectivity index (χ1n) is 4.87. The number of hydrogen-bond acceptors (Lipinski definition) is 4. The topological polar surface area (TPSA) is 41.9 Å². The molecule has 0 heterocycles. The van der Waals surface area contributed by atoms with E-state index in [2.05, 4.69) is 0 Å². The fourth-order valence-corrected chi connectivity index (χ4v) is 1.35. The average molecular weight is 211 g/mol. The summed E-state index contributed by atoms with van der Waals surface area (Å²) >= 11 is 0. The number of benzene rings is 1. The standard InChI is InChI=1S/C11H17NO3/c1-4-15-11-7-9(8-12(2)13)5-6-10(11)14-3/h5-7,13H,4,8H2,1-3H3. The smallest absolute Gasteiger partial charge is 0.161 e. The highest BCUT2D eigenvalue weighted by atomic mass is 16.5. The summed E-state index contributed by atoms with van der Waals surface area (Å²) < 4.78 is 10.6. The Morgan fingerprint density at radius 3 is 2.60 bits per heavy atom. The van der Waals surface area contributed by atoms with Gasteiger partial charge in [0.05, 0.1) is 13.7 Å². The maximum Gasteiger partial charge on any atom is 0.161 e. The van der Waals surface area contributed by atoms with E-state index in [1.807, 2.05) is 25.1 Å². The molecule has 0 radical (unpaired) electrons. The van der Waals surface area contributed by atoms with Crippen LogP contribution in [0.1, 0.15) is 12.5 Å². The van der Waals surface area contributed by atoms with Crippen LogP contribution in [0.25, 0.3) is 0 Å². The van der Waals surface area contributed by atoms with Crippen molar-refractivity contribution in [1.82, 2.24) is 5.06 Å². The summed E-state index contributed by atoms with van der Waals surface area (Å²) in [6.45, 7) is 2.98. The van der Waals surface area contributed by atoms with Crippen molar-refractivity contribution in [3.8, 4) is 11.5 Å². The van der Waals surface area contributed by atoms with E-state index in [1.54, 1.807) is 14.2 Å². The van der Waals surface area contributed by atoms with E-state index >= 15 is 0 Å². The molecule has 0 aliphatic heterocycles. The van der Waals surface area contributed by atoms with Gasteiger partial charge in [0.1, 0.15) is 0 Å². The van der Waals surface area contributed by atoms with Crippen LogP contribution in [0, 0.1) is 0 Å². The van der Waals surface area contributed by atoms with Gasteiger partial charge in [-0.05, 0) is 24.6 Å². The maximum atomic E-state index is 9.11. The SMILES string of the molecule is CCOc1cc(CN(C)O)ccc1OC. The summed E-state index contributed by atoms with van der Waals surface area (Å²) in [5.41, 5.74) is 0.976. The van der Waals surface area contributed by atoms with E-state index in [-0.39, 0.29) is 0 Å². The molecule has 15 heavy (non-hydrogen) atoms. The minimum atomic E-state index is 0.462. The number of hydrogen-bond donors (Lipinski definition) is 1. The molecule has 0 bridgehead atoms. The van der Waals surface area contributed by atoms with Gasteiger partial charge in [-0.15, -0.1) is 0 Å². The molecule has 0 unspecified atom stereocenters.